The van der Waals surface area contributed by atoms with Crippen molar-refractivity contribution in [2.75, 3.05) is 0 Å². The molecule has 1 unspecified atom stereocenters. The summed E-state index contributed by atoms with van der Waals surface area (Å²) in [5.41, 5.74) is 6.03. The molecule has 0 aliphatic carbocycles. The minimum atomic E-state index is -1.37. The van der Waals surface area contributed by atoms with E-state index in [-0.39, 0.29) is 0 Å². The molecule has 64 valence electrons. The van der Waals surface area contributed by atoms with E-state index >= 15 is 0 Å². The number of ether oxygens (including phenoxy) is 1. The van der Waals surface area contributed by atoms with Crippen molar-refractivity contribution in [1.29, 1.82) is 0 Å². The van der Waals surface area contributed by atoms with Gasteiger partial charge in [-0.3, -0.25) is 5.73 Å². The average Bonchev–Trinajstić information content (AvgIpc) is 2.05. The molecule has 0 radical (unpaired) electrons. The predicted molar refractivity (Wildman–Crippen MR) is 42.5 cm³/mol. The molecule has 0 aromatic heterocycles. The highest BCUT2D eigenvalue weighted by Crippen LogP contribution is 2.10. The lowest BCUT2D eigenvalue weighted by Crippen LogP contribution is -2.17. The summed E-state index contributed by atoms with van der Waals surface area (Å²) in [5, 5.41) is 8.24. The third kappa shape index (κ3) is 2.25. The van der Waals surface area contributed by atoms with Crippen molar-refractivity contribution in [3.63, 3.8) is 0 Å². The Kier molecular flexibility index (Phi) is 2.66. The van der Waals surface area contributed by atoms with E-state index in [1.807, 2.05) is 6.07 Å². The maximum atomic E-state index is 10.1. The van der Waals surface area contributed by atoms with Crippen molar-refractivity contribution in [2.45, 2.75) is 6.23 Å². The molecule has 4 nitrogen and oxygen atoms in total. The van der Waals surface area contributed by atoms with Crippen molar-refractivity contribution in [1.82, 2.24) is 0 Å². The second kappa shape index (κ2) is 3.73. The molecule has 0 aliphatic heterocycles. The summed E-state index contributed by atoms with van der Waals surface area (Å²) in [5.74, 6) is 0. The maximum Gasteiger partial charge on any atom is 0.507 e. The summed E-state index contributed by atoms with van der Waals surface area (Å²) in [6.07, 6.45) is -2.27. The molecule has 0 heterocycles. The number of benzene rings is 1. The Morgan fingerprint density at radius 2 is 2.00 bits per heavy atom. The molecule has 0 spiro atoms. The maximum absolute atomic E-state index is 10.1. The van der Waals surface area contributed by atoms with Gasteiger partial charge in [-0.15, -0.1) is 0 Å². The Morgan fingerprint density at radius 3 is 2.50 bits per heavy atom. The Morgan fingerprint density at radius 1 is 1.42 bits per heavy atom. The Balaban J connectivity index is 2.65. The first-order valence-electron chi connectivity index (χ1n) is 3.40. The van der Waals surface area contributed by atoms with Gasteiger partial charge in [-0.1, -0.05) is 30.3 Å². The minimum absolute atomic E-state index is 0.639. The van der Waals surface area contributed by atoms with Crippen molar-refractivity contribution < 1.29 is 14.6 Å². The van der Waals surface area contributed by atoms with Gasteiger partial charge in [-0.05, 0) is 0 Å². The molecule has 0 bridgehead atoms. The number of rotatable bonds is 2. The average molecular weight is 167 g/mol. The molecule has 3 N–H and O–H groups in total. The Labute approximate surface area is 69.6 Å². The molecule has 4 heteroatoms. The second-order valence-corrected chi connectivity index (χ2v) is 2.22. The first-order chi connectivity index (χ1) is 5.70. The second-order valence-electron chi connectivity index (χ2n) is 2.22. The van der Waals surface area contributed by atoms with Gasteiger partial charge in [-0.25, -0.2) is 4.79 Å². The van der Waals surface area contributed by atoms with Gasteiger partial charge in [0.05, 0.1) is 0 Å². The molecule has 1 aromatic rings. The van der Waals surface area contributed by atoms with Crippen molar-refractivity contribution in [3.05, 3.63) is 35.9 Å². The van der Waals surface area contributed by atoms with E-state index in [1.54, 1.807) is 24.3 Å². The van der Waals surface area contributed by atoms with Gasteiger partial charge in [-0.2, -0.15) is 0 Å². The Bertz CT molecular complexity index is 260. The summed E-state index contributed by atoms with van der Waals surface area (Å²) in [7, 11) is 0. The SMILES string of the molecule is NC(OC(=O)O)c1ccccc1. The molecule has 0 amide bonds. The van der Waals surface area contributed by atoms with Crippen LogP contribution in [0.5, 0.6) is 0 Å². The van der Waals surface area contributed by atoms with E-state index in [4.69, 9.17) is 10.8 Å². The zero-order valence-corrected chi connectivity index (χ0v) is 6.31. The highest BCUT2D eigenvalue weighted by molar-refractivity contribution is 5.57. The van der Waals surface area contributed by atoms with E-state index in [0.717, 1.165) is 0 Å². The highest BCUT2D eigenvalue weighted by atomic mass is 16.7. The van der Waals surface area contributed by atoms with Gasteiger partial charge in [0.1, 0.15) is 0 Å². The molecule has 1 rings (SSSR count). The van der Waals surface area contributed by atoms with Crippen LogP contribution in [-0.2, 0) is 4.74 Å². The number of nitrogens with two attached hydrogens (primary N) is 1. The molecule has 1 aromatic carbocycles. The van der Waals surface area contributed by atoms with Crippen LogP contribution in [0, 0.1) is 0 Å². The largest absolute Gasteiger partial charge is 0.507 e. The van der Waals surface area contributed by atoms with Gasteiger partial charge in [0.2, 0.25) is 0 Å². The van der Waals surface area contributed by atoms with Crippen molar-refractivity contribution in [3.8, 4) is 0 Å². The summed E-state index contributed by atoms with van der Waals surface area (Å²) in [6.45, 7) is 0. The molecule has 1 atom stereocenters. The summed E-state index contributed by atoms with van der Waals surface area (Å²) in [6, 6.07) is 8.75. The van der Waals surface area contributed by atoms with Crippen LogP contribution in [0.15, 0.2) is 30.3 Å². The van der Waals surface area contributed by atoms with Crippen LogP contribution in [0.3, 0.4) is 0 Å². The predicted octanol–water partition coefficient (Wildman–Crippen LogP) is 1.34. The Hall–Kier alpha value is -1.55. The van der Waals surface area contributed by atoms with Crippen LogP contribution in [0.2, 0.25) is 0 Å². The van der Waals surface area contributed by atoms with Gasteiger partial charge in [0.15, 0.2) is 6.23 Å². The van der Waals surface area contributed by atoms with Gasteiger partial charge in [0, 0.05) is 5.56 Å². The smallest absolute Gasteiger partial charge is 0.450 e. The lowest BCUT2D eigenvalue weighted by Gasteiger charge is -2.09. The lowest BCUT2D eigenvalue weighted by molar-refractivity contribution is 0.0539. The minimum Gasteiger partial charge on any atom is -0.450 e. The molecular formula is C8H9NO3. The fourth-order valence-electron chi connectivity index (χ4n) is 0.819. The normalized spacial score (nSPS) is 12.1. The van der Waals surface area contributed by atoms with Crippen molar-refractivity contribution >= 4 is 6.16 Å². The van der Waals surface area contributed by atoms with Gasteiger partial charge < -0.3 is 9.84 Å². The van der Waals surface area contributed by atoms with Crippen molar-refractivity contribution in [2.24, 2.45) is 5.73 Å². The third-order valence-electron chi connectivity index (χ3n) is 1.36. The van der Waals surface area contributed by atoms with E-state index in [0.29, 0.717) is 5.56 Å². The quantitative estimate of drug-likeness (QED) is 0.515. The van der Waals surface area contributed by atoms with Crippen LogP contribution < -0.4 is 5.73 Å². The van der Waals surface area contributed by atoms with E-state index in [2.05, 4.69) is 4.74 Å². The molecule has 0 aliphatic rings. The third-order valence-corrected chi connectivity index (χ3v) is 1.36. The molecule has 0 saturated heterocycles. The van der Waals surface area contributed by atoms with Gasteiger partial charge in [0.25, 0.3) is 0 Å². The molecular weight excluding hydrogens is 158 g/mol. The summed E-state index contributed by atoms with van der Waals surface area (Å²) >= 11 is 0. The number of hydrogen-bond acceptors (Lipinski definition) is 3. The van der Waals surface area contributed by atoms with Gasteiger partial charge >= 0.3 is 6.16 Å². The van der Waals surface area contributed by atoms with E-state index < -0.39 is 12.4 Å². The fraction of sp³-hybridized carbons (Fsp3) is 0.125. The summed E-state index contributed by atoms with van der Waals surface area (Å²) < 4.78 is 4.33. The fourth-order valence-corrected chi connectivity index (χ4v) is 0.819. The number of carboxylic acid groups (broad SMARTS) is 1. The first kappa shape index (κ1) is 8.55. The molecule has 0 fully saturated rings. The lowest BCUT2D eigenvalue weighted by atomic mass is 10.2. The first-order valence-corrected chi connectivity index (χ1v) is 3.40. The zero-order chi connectivity index (χ0) is 8.97. The monoisotopic (exact) mass is 167 g/mol. The van der Waals surface area contributed by atoms with Crippen LogP contribution >= 0.6 is 0 Å². The highest BCUT2D eigenvalue weighted by Gasteiger charge is 2.08. The molecule has 0 saturated carbocycles. The van der Waals surface area contributed by atoms with E-state index in [9.17, 15) is 4.79 Å². The van der Waals surface area contributed by atoms with Crippen LogP contribution in [0.25, 0.3) is 0 Å². The molecule has 12 heavy (non-hydrogen) atoms. The number of carbonyl (C=O) groups is 1. The van der Waals surface area contributed by atoms with Crippen LogP contribution in [-0.4, -0.2) is 11.3 Å². The van der Waals surface area contributed by atoms with Crippen LogP contribution in [0.1, 0.15) is 11.8 Å². The summed E-state index contributed by atoms with van der Waals surface area (Å²) in [4.78, 5) is 10.1. The zero-order valence-electron chi connectivity index (χ0n) is 6.31. The van der Waals surface area contributed by atoms with E-state index in [1.165, 1.54) is 0 Å². The number of hydrogen-bond donors (Lipinski definition) is 2. The topological polar surface area (TPSA) is 72.5 Å². The van der Waals surface area contributed by atoms with Crippen LogP contribution in [0.4, 0.5) is 4.79 Å². The standard InChI is InChI=1S/C8H9NO3/c9-7(12-8(10)11)6-4-2-1-3-5-6/h1-5,7H,9H2,(H,10,11).